The van der Waals surface area contributed by atoms with Crippen molar-refractivity contribution in [2.75, 3.05) is 81.9 Å². The van der Waals surface area contributed by atoms with Crippen LogP contribution in [0.3, 0.4) is 0 Å². The van der Waals surface area contributed by atoms with E-state index in [2.05, 4.69) is 43.1 Å². The minimum Gasteiger partial charge on any atom is -0.508 e. The molecular formula is C58H61F2N11O6. The minimum absolute atomic E-state index is 0.000910. The van der Waals surface area contributed by atoms with E-state index >= 15 is 8.78 Å². The van der Waals surface area contributed by atoms with Gasteiger partial charge >= 0.3 is 6.01 Å². The summed E-state index contributed by atoms with van der Waals surface area (Å²) in [5, 5.41) is 24.0. The normalized spacial score (nSPS) is 22.8. The van der Waals surface area contributed by atoms with E-state index in [0.717, 1.165) is 102 Å². The number of anilines is 2. The van der Waals surface area contributed by atoms with Crippen molar-refractivity contribution in [1.82, 2.24) is 39.9 Å². The van der Waals surface area contributed by atoms with Gasteiger partial charge in [0.2, 0.25) is 17.7 Å². The first-order valence-electron chi connectivity index (χ1n) is 27.0. The van der Waals surface area contributed by atoms with E-state index in [4.69, 9.17) is 21.1 Å². The van der Waals surface area contributed by atoms with Crippen LogP contribution in [-0.4, -0.2) is 153 Å². The van der Waals surface area contributed by atoms with E-state index in [1.165, 1.54) is 30.5 Å². The van der Waals surface area contributed by atoms with Crippen LogP contribution < -0.4 is 19.9 Å². The molecule has 5 aromatic rings. The van der Waals surface area contributed by atoms with Crippen LogP contribution in [0.25, 0.3) is 32.9 Å². The lowest BCUT2D eigenvalue weighted by Crippen LogP contribution is -2.58. The Labute approximate surface area is 445 Å². The Morgan fingerprint density at radius 1 is 0.922 bits per heavy atom. The number of nitrogens with one attached hydrogen (secondary N) is 1. The molecule has 19 heteroatoms. The van der Waals surface area contributed by atoms with Crippen LogP contribution in [0, 0.1) is 52.1 Å². The van der Waals surface area contributed by atoms with Crippen LogP contribution in [0.1, 0.15) is 86.7 Å². The zero-order valence-corrected chi connectivity index (χ0v) is 43.4. The molecule has 17 nitrogen and oxygen atoms in total. The monoisotopic (exact) mass is 1050 g/mol. The average Bonchev–Trinajstić information content (AvgIpc) is 4.10. The van der Waals surface area contributed by atoms with Gasteiger partial charge in [0.15, 0.2) is 5.82 Å². The number of pyridine rings is 1. The fourth-order valence-electron chi connectivity index (χ4n) is 12.9. The summed E-state index contributed by atoms with van der Waals surface area (Å²) in [7, 11) is 0. The molecular weight excluding hydrogens is 985 g/mol. The largest absolute Gasteiger partial charge is 0.508 e. The topological polar surface area (TPSA) is 192 Å². The maximum Gasteiger partial charge on any atom is 0.319 e. The van der Waals surface area contributed by atoms with Crippen LogP contribution in [0.5, 0.6) is 11.8 Å². The zero-order valence-electron chi connectivity index (χ0n) is 43.4. The first-order valence-corrected chi connectivity index (χ1v) is 27.0. The average molecular weight is 1050 g/mol. The molecule has 2 bridgehead atoms. The zero-order chi connectivity index (χ0) is 53.5. The molecule has 0 spiro atoms. The highest BCUT2D eigenvalue weighted by Gasteiger charge is 2.49. The molecule has 8 heterocycles. The third-order valence-corrected chi connectivity index (χ3v) is 17.4. The smallest absolute Gasteiger partial charge is 0.319 e. The van der Waals surface area contributed by atoms with Gasteiger partial charge in [-0.25, -0.2) is 8.78 Å². The number of aromatic hydroxyl groups is 1. The number of halogens is 2. The Balaban J connectivity index is 0.708. The van der Waals surface area contributed by atoms with Gasteiger partial charge in [0.05, 0.1) is 23.6 Å². The molecule has 3 atom stereocenters. The Hall–Kier alpha value is -7.48. The molecule has 7 aliphatic rings. The highest BCUT2D eigenvalue weighted by molar-refractivity contribution is 6.06. The maximum absolute atomic E-state index is 17.4. The highest BCUT2D eigenvalue weighted by Crippen LogP contribution is 2.47. The van der Waals surface area contributed by atoms with Crippen molar-refractivity contribution < 1.29 is 37.8 Å². The number of hydrogen-bond donors (Lipinski definition) is 2. The van der Waals surface area contributed by atoms with E-state index in [0.29, 0.717) is 60.7 Å². The summed E-state index contributed by atoms with van der Waals surface area (Å²) in [5.41, 5.74) is 1.11. The van der Waals surface area contributed by atoms with Gasteiger partial charge in [-0.2, -0.15) is 15.2 Å². The second-order valence-electron chi connectivity index (χ2n) is 22.9. The highest BCUT2D eigenvalue weighted by atomic mass is 19.1. The SMILES string of the molecule is C#Cc1c(F)ccc2cc(O)cc(-c3ncc4c(N5CC6CCC(C5)N6C(=O)C(C)(C)C#N)nc(OCC5(CN6CCN(CC7CCN(c8ccc9c(c8)CN(C8CCC(=O)NC8=O)C9=O)CC7)CC6)CC5)nc4c3F)c12. The lowest BCUT2D eigenvalue weighted by Gasteiger charge is -2.43. The van der Waals surface area contributed by atoms with Gasteiger partial charge in [-0.3, -0.25) is 29.5 Å². The number of carbonyl (C=O) groups is 4. The summed E-state index contributed by atoms with van der Waals surface area (Å²) in [6, 6.07) is 12.6. The van der Waals surface area contributed by atoms with Gasteiger partial charge < -0.3 is 39.2 Å². The fourth-order valence-corrected chi connectivity index (χ4v) is 12.9. The van der Waals surface area contributed by atoms with E-state index in [-0.39, 0.29) is 81.1 Å². The summed E-state index contributed by atoms with van der Waals surface area (Å²) in [6.07, 6.45) is 13.4. The summed E-state index contributed by atoms with van der Waals surface area (Å²) < 4.78 is 39.1. The predicted octanol–water partition coefficient (Wildman–Crippen LogP) is 5.99. The van der Waals surface area contributed by atoms with Crippen LogP contribution in [0.2, 0.25) is 0 Å². The van der Waals surface area contributed by atoms with E-state index in [9.17, 15) is 29.5 Å². The van der Waals surface area contributed by atoms with Crippen LogP contribution >= 0.6 is 0 Å². The van der Waals surface area contributed by atoms with Crippen molar-refractivity contribution in [3.8, 4) is 41.4 Å². The number of fused-ring (bicyclic) bond motifs is 5. The number of phenols is 1. The number of piperidine rings is 2. The number of carbonyl (C=O) groups excluding carboxylic acids is 4. The van der Waals surface area contributed by atoms with Crippen molar-refractivity contribution in [1.29, 1.82) is 5.26 Å². The number of phenolic OH excluding ortho intramolecular Hbond substituents is 1. The van der Waals surface area contributed by atoms with Gasteiger partial charge in [-0.1, -0.05) is 12.0 Å². The van der Waals surface area contributed by atoms with Gasteiger partial charge in [0.1, 0.15) is 40.1 Å². The van der Waals surface area contributed by atoms with Crippen LogP contribution in [0.15, 0.2) is 48.7 Å². The molecule has 6 aliphatic heterocycles. The molecule has 2 N–H and O–H groups in total. The van der Waals surface area contributed by atoms with Crippen molar-refractivity contribution in [3.05, 3.63) is 77.0 Å². The molecule has 6 fully saturated rings. The first kappa shape index (κ1) is 50.3. The number of benzene rings is 3. The Bertz CT molecular complexity index is 3340. The second kappa shape index (κ2) is 19.5. The number of amides is 4. The minimum atomic E-state index is -1.19. The Morgan fingerprint density at radius 3 is 2.36 bits per heavy atom. The van der Waals surface area contributed by atoms with E-state index in [1.807, 2.05) is 21.9 Å². The van der Waals surface area contributed by atoms with Crippen LogP contribution in [0.4, 0.5) is 20.3 Å². The number of imide groups is 1. The van der Waals surface area contributed by atoms with Gasteiger partial charge in [0.25, 0.3) is 5.91 Å². The van der Waals surface area contributed by atoms with E-state index < -0.39 is 29.0 Å². The second-order valence-corrected chi connectivity index (χ2v) is 22.9. The van der Waals surface area contributed by atoms with Gasteiger partial charge in [-0.15, -0.1) is 6.42 Å². The van der Waals surface area contributed by atoms with Crippen molar-refractivity contribution in [2.24, 2.45) is 16.7 Å². The number of ether oxygens (including phenoxy) is 1. The lowest BCUT2D eigenvalue weighted by atomic mass is 9.92. The third kappa shape index (κ3) is 9.30. The predicted molar refractivity (Wildman–Crippen MR) is 283 cm³/mol. The molecule has 398 valence electrons. The van der Waals surface area contributed by atoms with Crippen molar-refractivity contribution in [2.45, 2.75) is 89.9 Å². The molecule has 3 aromatic carbocycles. The number of aromatic nitrogens is 3. The van der Waals surface area contributed by atoms with Crippen molar-refractivity contribution >= 4 is 56.8 Å². The Kier molecular flexibility index (Phi) is 12.8. The maximum atomic E-state index is 17.4. The molecule has 12 rings (SSSR count). The van der Waals surface area contributed by atoms with Gasteiger partial charge in [-0.05, 0) is 112 Å². The molecule has 1 aliphatic carbocycles. The number of hydrogen-bond acceptors (Lipinski definition) is 14. The summed E-state index contributed by atoms with van der Waals surface area (Å²) in [5.74, 6) is 0.654. The van der Waals surface area contributed by atoms with Crippen LogP contribution in [-0.2, 0) is 20.9 Å². The Morgan fingerprint density at radius 2 is 1.66 bits per heavy atom. The molecule has 3 unspecified atom stereocenters. The fraction of sp³-hybridized carbons (Fsp3) is 0.483. The number of piperazine rings is 2. The van der Waals surface area contributed by atoms with Crippen molar-refractivity contribution in [3.63, 3.8) is 0 Å². The molecule has 77 heavy (non-hydrogen) atoms. The number of rotatable bonds is 12. The quantitative estimate of drug-likeness (QED) is 0.109. The lowest BCUT2D eigenvalue weighted by molar-refractivity contribution is -0.141. The standard InChI is InChI=1S/C58H61F2N11O6/c1-4-41-45(59)10-5-35-24-40(72)25-43(48(35)41)50-49(60)51-44(26-62-50)52(69-29-38-6-7-39(30-69)71(38)55(76)57(2,3)31-61)65-56(64-51)77-33-58(15-16-58)32-67-21-19-66(20-22-67)27-34-13-17-68(18-14-34)37-8-9-42-36(23-37)28-70(54(42)75)46-11-12-47(73)63-53(46)74/h1,5,8-10,23-26,34,38-39,46,72H,6-7,11-22,27-30,32-33H2,2-3H3,(H,63,73,74). The number of nitrogens with zero attached hydrogens (tertiary/aromatic N) is 10. The molecule has 4 amide bonds. The molecule has 2 aromatic heterocycles. The van der Waals surface area contributed by atoms with Gasteiger partial charge in [0, 0.05) is 124 Å². The molecule has 1 saturated carbocycles. The summed E-state index contributed by atoms with van der Waals surface area (Å²) in [4.78, 5) is 78.4. The first-order chi connectivity index (χ1) is 37.1. The summed E-state index contributed by atoms with van der Waals surface area (Å²) in [6.45, 7) is 12.3. The number of terminal acetylenes is 1. The number of nitriles is 1. The summed E-state index contributed by atoms with van der Waals surface area (Å²) >= 11 is 0. The molecule has 5 saturated heterocycles. The third-order valence-electron chi connectivity index (χ3n) is 17.4. The molecule has 0 radical (unpaired) electrons. The van der Waals surface area contributed by atoms with E-state index in [1.54, 1.807) is 18.7 Å².